The smallest absolute Gasteiger partial charge is 0.271 e. The number of rotatable bonds is 4. The van der Waals surface area contributed by atoms with Gasteiger partial charge in [-0.3, -0.25) is 4.79 Å². The Morgan fingerprint density at radius 1 is 1.25 bits per heavy atom. The van der Waals surface area contributed by atoms with Crippen LogP contribution in [0.5, 0.6) is 0 Å². The van der Waals surface area contributed by atoms with Crippen molar-refractivity contribution in [2.45, 2.75) is 0 Å². The Bertz CT molecular complexity index is 381. The van der Waals surface area contributed by atoms with E-state index in [1.165, 1.54) is 12.4 Å². The van der Waals surface area contributed by atoms with Gasteiger partial charge in [0.15, 0.2) is 0 Å². The molecule has 0 atom stereocenters. The number of nitrogens with zero attached hydrogens (tertiary/aromatic N) is 2. The number of carboxylic acid groups (broad SMARTS) is 1. The third-order valence-electron chi connectivity index (χ3n) is 1.53. The van der Waals surface area contributed by atoms with E-state index in [9.17, 15) is 14.7 Å². The standard InChI is InChI=1S/C8H9ClN4O3/c9-6-4-12-5(3-13-6)7(14)10-1-2-11-8(15)16/h3-4,11H,1-2H2,(H,10,14)(H,15,16)/p-1. The molecule has 0 spiro atoms. The summed E-state index contributed by atoms with van der Waals surface area (Å²) in [5.74, 6) is -0.454. The molecule has 0 aromatic carbocycles. The average Bonchev–Trinajstić information content (AvgIpc) is 2.25. The Morgan fingerprint density at radius 2 is 1.94 bits per heavy atom. The van der Waals surface area contributed by atoms with Gasteiger partial charge in [-0.2, -0.15) is 0 Å². The van der Waals surface area contributed by atoms with E-state index in [-0.39, 0.29) is 23.9 Å². The normalized spacial score (nSPS) is 9.56. The zero-order valence-corrected chi connectivity index (χ0v) is 8.82. The van der Waals surface area contributed by atoms with E-state index in [1.807, 2.05) is 5.32 Å². The molecule has 7 nitrogen and oxygen atoms in total. The Balaban J connectivity index is 2.35. The van der Waals surface area contributed by atoms with Crippen LogP contribution in [-0.4, -0.2) is 35.1 Å². The van der Waals surface area contributed by atoms with Crippen LogP contribution in [0.1, 0.15) is 10.5 Å². The maximum absolute atomic E-state index is 11.4. The summed E-state index contributed by atoms with van der Waals surface area (Å²) in [6.45, 7) is 0.201. The minimum atomic E-state index is -1.39. The maximum atomic E-state index is 11.4. The largest absolute Gasteiger partial charge is 0.530 e. The molecule has 0 saturated carbocycles. The summed E-state index contributed by atoms with van der Waals surface area (Å²) in [7, 11) is 0. The molecular formula is C8H8ClN4O3-. The molecule has 86 valence electrons. The summed E-state index contributed by atoms with van der Waals surface area (Å²) >= 11 is 5.49. The molecule has 1 heterocycles. The average molecular weight is 244 g/mol. The molecule has 0 bridgehead atoms. The Kier molecular flexibility index (Phi) is 4.46. The van der Waals surface area contributed by atoms with Crippen LogP contribution in [-0.2, 0) is 0 Å². The fraction of sp³-hybridized carbons (Fsp3) is 0.250. The third kappa shape index (κ3) is 4.09. The maximum Gasteiger partial charge on any atom is 0.271 e. The summed E-state index contributed by atoms with van der Waals surface area (Å²) in [6.07, 6.45) is 1.08. The molecule has 2 amide bonds. The molecule has 1 aromatic heterocycles. The number of halogens is 1. The molecule has 2 N–H and O–H groups in total. The van der Waals surface area contributed by atoms with Gasteiger partial charge in [0, 0.05) is 13.1 Å². The van der Waals surface area contributed by atoms with Crippen molar-refractivity contribution in [3.8, 4) is 0 Å². The van der Waals surface area contributed by atoms with Gasteiger partial charge in [0.1, 0.15) is 16.9 Å². The highest BCUT2D eigenvalue weighted by Gasteiger charge is 2.06. The van der Waals surface area contributed by atoms with Gasteiger partial charge in [-0.25, -0.2) is 9.97 Å². The minimum Gasteiger partial charge on any atom is -0.530 e. The molecule has 0 aliphatic heterocycles. The molecule has 0 aliphatic carbocycles. The van der Waals surface area contributed by atoms with Crippen LogP contribution in [0.15, 0.2) is 12.4 Å². The summed E-state index contributed by atoms with van der Waals surface area (Å²) < 4.78 is 0. The van der Waals surface area contributed by atoms with Gasteiger partial charge in [0.2, 0.25) is 0 Å². The van der Waals surface area contributed by atoms with E-state index < -0.39 is 12.0 Å². The van der Waals surface area contributed by atoms with Crippen molar-refractivity contribution < 1.29 is 14.7 Å². The number of carbonyl (C=O) groups excluding carboxylic acids is 2. The minimum absolute atomic E-state index is 0.0646. The van der Waals surface area contributed by atoms with Gasteiger partial charge >= 0.3 is 0 Å². The van der Waals surface area contributed by atoms with Gasteiger partial charge in [0.25, 0.3) is 5.91 Å². The summed E-state index contributed by atoms with van der Waals surface area (Å²) in [4.78, 5) is 28.7. The second-order valence-corrected chi connectivity index (χ2v) is 3.08. The molecule has 0 aliphatic rings. The highest BCUT2D eigenvalue weighted by atomic mass is 35.5. The van der Waals surface area contributed by atoms with Crippen molar-refractivity contribution in [1.82, 2.24) is 20.6 Å². The molecule has 16 heavy (non-hydrogen) atoms. The number of carbonyl (C=O) groups is 2. The molecule has 0 radical (unpaired) electrons. The number of aromatic nitrogens is 2. The Morgan fingerprint density at radius 3 is 2.50 bits per heavy atom. The lowest BCUT2D eigenvalue weighted by Gasteiger charge is -2.07. The molecule has 0 fully saturated rings. The van der Waals surface area contributed by atoms with Crippen molar-refractivity contribution in [2.75, 3.05) is 13.1 Å². The van der Waals surface area contributed by atoms with Gasteiger partial charge in [0.05, 0.1) is 12.4 Å². The molecular weight excluding hydrogens is 236 g/mol. The van der Waals surface area contributed by atoms with E-state index in [4.69, 9.17) is 11.6 Å². The van der Waals surface area contributed by atoms with E-state index in [1.54, 1.807) is 0 Å². The Labute approximate surface area is 95.9 Å². The molecule has 1 aromatic rings. The van der Waals surface area contributed by atoms with Crippen molar-refractivity contribution in [3.05, 3.63) is 23.2 Å². The van der Waals surface area contributed by atoms with Crippen LogP contribution in [0, 0.1) is 0 Å². The lowest BCUT2D eigenvalue weighted by molar-refractivity contribution is -0.250. The van der Waals surface area contributed by atoms with Gasteiger partial charge in [-0.1, -0.05) is 11.6 Å². The predicted molar refractivity (Wildman–Crippen MR) is 52.8 cm³/mol. The van der Waals surface area contributed by atoms with Crippen molar-refractivity contribution >= 4 is 23.6 Å². The second kappa shape index (κ2) is 5.86. The monoisotopic (exact) mass is 243 g/mol. The highest BCUT2D eigenvalue weighted by Crippen LogP contribution is 2.00. The molecule has 8 heteroatoms. The van der Waals surface area contributed by atoms with Gasteiger partial charge in [-0.15, -0.1) is 0 Å². The van der Waals surface area contributed by atoms with Crippen LogP contribution in [0.3, 0.4) is 0 Å². The summed E-state index contributed by atoms with van der Waals surface area (Å²) in [5.41, 5.74) is 0.109. The number of amides is 2. The lowest BCUT2D eigenvalue weighted by Crippen LogP contribution is -2.41. The highest BCUT2D eigenvalue weighted by molar-refractivity contribution is 6.29. The molecule has 0 unspecified atom stereocenters. The summed E-state index contributed by atoms with van der Waals surface area (Å²) in [6, 6.07) is 0. The number of hydrogen-bond acceptors (Lipinski definition) is 5. The predicted octanol–water partition coefficient (Wildman–Crippen LogP) is -1.21. The Hall–Kier alpha value is -1.89. The topological polar surface area (TPSA) is 107 Å². The summed E-state index contributed by atoms with van der Waals surface area (Å²) in [5, 5.41) is 14.6. The fourth-order valence-electron chi connectivity index (χ4n) is 0.861. The lowest BCUT2D eigenvalue weighted by atomic mass is 10.4. The van der Waals surface area contributed by atoms with E-state index >= 15 is 0 Å². The first-order chi connectivity index (χ1) is 7.59. The molecule has 0 saturated heterocycles. The zero-order valence-electron chi connectivity index (χ0n) is 8.07. The van der Waals surface area contributed by atoms with Crippen LogP contribution < -0.4 is 15.7 Å². The van der Waals surface area contributed by atoms with Crippen LogP contribution in [0.25, 0.3) is 0 Å². The first-order valence-corrected chi connectivity index (χ1v) is 4.68. The van der Waals surface area contributed by atoms with Crippen molar-refractivity contribution in [1.29, 1.82) is 0 Å². The fourth-order valence-corrected chi connectivity index (χ4v) is 0.958. The van der Waals surface area contributed by atoms with Crippen molar-refractivity contribution in [2.24, 2.45) is 0 Å². The zero-order chi connectivity index (χ0) is 12.0. The van der Waals surface area contributed by atoms with E-state index in [0.717, 1.165) is 0 Å². The van der Waals surface area contributed by atoms with Crippen LogP contribution >= 0.6 is 11.6 Å². The second-order valence-electron chi connectivity index (χ2n) is 2.69. The number of hydrogen-bond donors (Lipinski definition) is 2. The number of nitrogens with one attached hydrogen (secondary N) is 2. The van der Waals surface area contributed by atoms with Gasteiger partial charge in [-0.05, 0) is 0 Å². The van der Waals surface area contributed by atoms with Crippen molar-refractivity contribution in [3.63, 3.8) is 0 Å². The van der Waals surface area contributed by atoms with E-state index in [0.29, 0.717) is 0 Å². The van der Waals surface area contributed by atoms with Crippen LogP contribution in [0.2, 0.25) is 5.15 Å². The third-order valence-corrected chi connectivity index (χ3v) is 1.73. The van der Waals surface area contributed by atoms with Crippen LogP contribution in [0.4, 0.5) is 4.79 Å². The van der Waals surface area contributed by atoms with Gasteiger partial charge < -0.3 is 20.5 Å². The van der Waals surface area contributed by atoms with E-state index in [2.05, 4.69) is 15.3 Å². The quantitative estimate of drug-likeness (QED) is 0.646. The first kappa shape index (κ1) is 12.2. The molecule has 1 rings (SSSR count). The first-order valence-electron chi connectivity index (χ1n) is 4.30. The SMILES string of the molecule is O=C([O-])NCCNC(=O)c1cnc(Cl)cn1.